The lowest BCUT2D eigenvalue weighted by molar-refractivity contribution is -0.142. The lowest BCUT2D eigenvalue weighted by Gasteiger charge is -2.27. The van der Waals surface area contributed by atoms with Gasteiger partial charge in [-0.15, -0.1) is 0 Å². The third-order valence-electron chi connectivity index (χ3n) is 5.14. The molecule has 0 aliphatic heterocycles. The van der Waals surface area contributed by atoms with E-state index in [2.05, 4.69) is 25.9 Å². The van der Waals surface area contributed by atoms with Gasteiger partial charge in [0.05, 0.1) is 12.4 Å². The Balaban J connectivity index is 2.88. The minimum Gasteiger partial charge on any atom is -0.480 e. The zero-order valence-electron chi connectivity index (χ0n) is 20.5. The van der Waals surface area contributed by atoms with Crippen molar-refractivity contribution < 1.29 is 24.3 Å². The van der Waals surface area contributed by atoms with Crippen LogP contribution in [0.1, 0.15) is 46.2 Å². The number of hydrogen-bond donors (Lipinski definition) is 6. The van der Waals surface area contributed by atoms with Crippen molar-refractivity contribution in [2.75, 3.05) is 12.0 Å². The predicted molar refractivity (Wildman–Crippen MR) is 131 cm³/mol. The molecule has 0 unspecified atom stereocenters. The molecule has 0 saturated heterocycles. The third-order valence-corrected chi connectivity index (χ3v) is 5.79. The van der Waals surface area contributed by atoms with Crippen LogP contribution in [0.5, 0.6) is 0 Å². The average Bonchev–Trinajstić information content (AvgIpc) is 3.26. The molecule has 0 aromatic carbocycles. The number of aliphatic carboxylic acids is 1. The van der Waals surface area contributed by atoms with Gasteiger partial charge >= 0.3 is 5.97 Å². The maximum absolute atomic E-state index is 13.0. The first kappa shape index (κ1) is 29.4. The topological polar surface area (TPSA) is 179 Å². The van der Waals surface area contributed by atoms with Crippen molar-refractivity contribution in [2.24, 2.45) is 17.6 Å². The molecule has 0 aliphatic rings. The van der Waals surface area contributed by atoms with Gasteiger partial charge in [0.25, 0.3) is 0 Å². The van der Waals surface area contributed by atoms with E-state index in [1.165, 1.54) is 18.1 Å². The van der Waals surface area contributed by atoms with Crippen LogP contribution >= 0.6 is 11.8 Å². The SMILES string of the molecule is CSCC[C@H](NC(=O)[C@@H](NC(=O)[C@@H](N)Cc1cnc[nH]1)C(C)C)C(=O)N[C@@H](CC(C)C)C(=O)O. The van der Waals surface area contributed by atoms with Gasteiger partial charge in [0.1, 0.15) is 18.1 Å². The first-order valence-electron chi connectivity index (χ1n) is 11.3. The maximum atomic E-state index is 13.0. The number of aromatic nitrogens is 2. The molecule has 1 heterocycles. The van der Waals surface area contributed by atoms with Crippen LogP contribution in [0.4, 0.5) is 0 Å². The number of amides is 3. The van der Waals surface area contributed by atoms with Crippen LogP contribution in [0, 0.1) is 11.8 Å². The smallest absolute Gasteiger partial charge is 0.326 e. The highest BCUT2D eigenvalue weighted by molar-refractivity contribution is 7.98. The van der Waals surface area contributed by atoms with Crippen LogP contribution in [-0.2, 0) is 25.6 Å². The number of carboxylic acids is 1. The molecule has 0 saturated carbocycles. The lowest BCUT2D eigenvalue weighted by Crippen LogP contribution is -2.58. The number of H-pyrrole nitrogens is 1. The Morgan fingerprint density at radius 1 is 1.06 bits per heavy atom. The molecule has 3 amide bonds. The van der Waals surface area contributed by atoms with Crippen molar-refractivity contribution in [1.29, 1.82) is 0 Å². The van der Waals surface area contributed by atoms with Crippen molar-refractivity contribution in [2.45, 2.75) is 71.1 Å². The second-order valence-corrected chi connectivity index (χ2v) is 9.97. The van der Waals surface area contributed by atoms with Crippen LogP contribution in [0.15, 0.2) is 12.5 Å². The van der Waals surface area contributed by atoms with E-state index in [4.69, 9.17) is 5.73 Å². The van der Waals surface area contributed by atoms with E-state index in [1.54, 1.807) is 20.0 Å². The fraction of sp³-hybridized carbons (Fsp3) is 0.682. The fourth-order valence-corrected chi connectivity index (χ4v) is 3.72. The second kappa shape index (κ2) is 14.6. The Kier molecular flexibility index (Phi) is 12.7. The largest absolute Gasteiger partial charge is 0.480 e. The number of nitrogens with zero attached hydrogens (tertiary/aromatic N) is 1. The normalized spacial score (nSPS) is 14.8. The summed E-state index contributed by atoms with van der Waals surface area (Å²) in [6.45, 7) is 7.26. The average molecular weight is 499 g/mol. The number of rotatable bonds is 15. The molecule has 34 heavy (non-hydrogen) atoms. The maximum Gasteiger partial charge on any atom is 0.326 e. The Hall–Kier alpha value is -2.60. The molecular formula is C22H38N6O5S. The Morgan fingerprint density at radius 2 is 1.71 bits per heavy atom. The number of carboxylic acid groups (broad SMARTS) is 1. The van der Waals surface area contributed by atoms with Gasteiger partial charge in [0, 0.05) is 18.3 Å². The zero-order chi connectivity index (χ0) is 25.8. The van der Waals surface area contributed by atoms with Crippen LogP contribution in [0.2, 0.25) is 0 Å². The zero-order valence-corrected chi connectivity index (χ0v) is 21.3. The van der Waals surface area contributed by atoms with Gasteiger partial charge in [-0.05, 0) is 36.7 Å². The van der Waals surface area contributed by atoms with Crippen LogP contribution in [-0.4, -0.2) is 74.9 Å². The van der Waals surface area contributed by atoms with E-state index in [0.29, 0.717) is 17.9 Å². The molecule has 1 rings (SSSR count). The molecule has 4 atom stereocenters. The van der Waals surface area contributed by atoms with Gasteiger partial charge in [-0.1, -0.05) is 27.7 Å². The Bertz CT molecular complexity index is 802. The van der Waals surface area contributed by atoms with Gasteiger partial charge in [-0.3, -0.25) is 14.4 Å². The highest BCUT2D eigenvalue weighted by atomic mass is 32.2. The Labute approximate surface area is 204 Å². The van der Waals surface area contributed by atoms with Gasteiger partial charge in [0.15, 0.2) is 0 Å². The molecule has 12 heteroatoms. The summed E-state index contributed by atoms with van der Waals surface area (Å²) < 4.78 is 0. The molecule has 0 spiro atoms. The molecule has 1 aromatic heterocycles. The number of nitrogens with two attached hydrogens (primary N) is 1. The number of carbonyl (C=O) groups excluding carboxylic acids is 3. The molecule has 7 N–H and O–H groups in total. The molecule has 0 aliphatic carbocycles. The number of thioether (sulfide) groups is 1. The fourth-order valence-electron chi connectivity index (χ4n) is 3.25. The quantitative estimate of drug-likeness (QED) is 0.199. The number of carbonyl (C=O) groups is 4. The predicted octanol–water partition coefficient (Wildman–Crippen LogP) is 0.274. The van der Waals surface area contributed by atoms with E-state index < -0.39 is 47.9 Å². The summed E-state index contributed by atoms with van der Waals surface area (Å²) in [5.74, 6) is -2.37. The van der Waals surface area contributed by atoms with E-state index >= 15 is 0 Å². The number of nitrogens with one attached hydrogen (secondary N) is 4. The first-order valence-corrected chi connectivity index (χ1v) is 12.7. The van der Waals surface area contributed by atoms with Crippen molar-refractivity contribution >= 4 is 35.5 Å². The summed E-state index contributed by atoms with van der Waals surface area (Å²) in [5, 5.41) is 17.3. The number of imidazole rings is 1. The van der Waals surface area contributed by atoms with Crippen molar-refractivity contribution in [3.05, 3.63) is 18.2 Å². The van der Waals surface area contributed by atoms with Crippen LogP contribution in [0.25, 0.3) is 0 Å². The van der Waals surface area contributed by atoms with E-state index in [0.717, 1.165) is 0 Å². The summed E-state index contributed by atoms with van der Waals surface area (Å²) in [6, 6.07) is -3.80. The summed E-state index contributed by atoms with van der Waals surface area (Å²) in [7, 11) is 0. The monoisotopic (exact) mass is 498 g/mol. The van der Waals surface area contributed by atoms with E-state index in [1.807, 2.05) is 20.1 Å². The summed E-state index contributed by atoms with van der Waals surface area (Å²) in [5.41, 5.74) is 6.67. The van der Waals surface area contributed by atoms with Gasteiger partial charge in [-0.2, -0.15) is 11.8 Å². The van der Waals surface area contributed by atoms with Gasteiger partial charge < -0.3 is 31.8 Å². The van der Waals surface area contributed by atoms with Gasteiger partial charge in [0.2, 0.25) is 17.7 Å². The van der Waals surface area contributed by atoms with Crippen molar-refractivity contribution in [1.82, 2.24) is 25.9 Å². The minimum absolute atomic E-state index is 0.0622. The highest BCUT2D eigenvalue weighted by Gasteiger charge is 2.31. The minimum atomic E-state index is -1.13. The van der Waals surface area contributed by atoms with Crippen molar-refractivity contribution in [3.63, 3.8) is 0 Å². The molecule has 1 aromatic rings. The molecule has 192 valence electrons. The number of hydrogen-bond acceptors (Lipinski definition) is 7. The summed E-state index contributed by atoms with van der Waals surface area (Å²) >= 11 is 1.50. The van der Waals surface area contributed by atoms with E-state index in [9.17, 15) is 24.3 Å². The number of aromatic amines is 1. The third kappa shape index (κ3) is 10.1. The molecule has 0 bridgehead atoms. The van der Waals surface area contributed by atoms with E-state index in [-0.39, 0.29) is 24.7 Å². The molecule has 0 fully saturated rings. The molecular weight excluding hydrogens is 460 g/mol. The summed E-state index contributed by atoms with van der Waals surface area (Å²) in [4.78, 5) is 56.8. The summed E-state index contributed by atoms with van der Waals surface area (Å²) in [6.07, 6.45) is 5.73. The first-order chi connectivity index (χ1) is 16.0. The molecule has 11 nitrogen and oxygen atoms in total. The van der Waals surface area contributed by atoms with Crippen LogP contribution in [0.3, 0.4) is 0 Å². The lowest BCUT2D eigenvalue weighted by atomic mass is 10.0. The van der Waals surface area contributed by atoms with Crippen molar-refractivity contribution in [3.8, 4) is 0 Å². The standard InChI is InChI=1S/C22H38N6O5S/c1-12(2)8-17(22(32)33)27-20(30)16(6-7-34-5)26-21(31)18(13(3)4)28-19(29)15(23)9-14-10-24-11-25-14/h10-13,15-18H,6-9,23H2,1-5H3,(H,24,25)(H,26,31)(H,27,30)(H,28,29)(H,32,33)/t15-,16-,17-,18-/m0/s1. The second-order valence-electron chi connectivity index (χ2n) is 8.99. The van der Waals surface area contributed by atoms with Crippen LogP contribution < -0.4 is 21.7 Å². The highest BCUT2D eigenvalue weighted by Crippen LogP contribution is 2.09. The van der Waals surface area contributed by atoms with Gasteiger partial charge in [-0.25, -0.2) is 9.78 Å². The Morgan fingerprint density at radius 3 is 2.21 bits per heavy atom. The molecule has 0 radical (unpaired) electrons.